The number of carbonyl (C=O) groups excluding carboxylic acids is 4. The third kappa shape index (κ3) is 6.88. The average Bonchev–Trinajstić information content (AvgIpc) is 3.23. The molecule has 2 aliphatic rings. The molecule has 61 heavy (non-hydrogen) atoms. The lowest BCUT2D eigenvalue weighted by molar-refractivity contribution is -0.102. The summed E-state index contributed by atoms with van der Waals surface area (Å²) in [6.07, 6.45) is 0.811. The summed E-state index contributed by atoms with van der Waals surface area (Å²) in [6, 6.07) is 25.3. The molecule has 3 atom stereocenters. The topological polar surface area (TPSA) is 131 Å². The number of amides is 4. The van der Waals surface area contributed by atoms with E-state index in [1.165, 1.54) is 9.80 Å². The highest BCUT2D eigenvalue weighted by atomic mass is 32.2. The molecule has 0 bridgehead atoms. The lowest BCUT2D eigenvalue weighted by Crippen LogP contribution is -2.56. The average molecular weight is 839 g/mol. The van der Waals surface area contributed by atoms with Crippen LogP contribution in [-0.2, 0) is 20.3 Å². The number of carbonyl (C=O) groups is 4. The van der Waals surface area contributed by atoms with Crippen LogP contribution in [0, 0.1) is 5.92 Å². The molecule has 0 saturated carbocycles. The van der Waals surface area contributed by atoms with Gasteiger partial charge in [-0.25, -0.2) is 4.90 Å². The summed E-state index contributed by atoms with van der Waals surface area (Å²) in [5.74, 6) is -0.586. The van der Waals surface area contributed by atoms with E-state index >= 15 is 0 Å². The minimum absolute atomic E-state index is 0.0495. The first-order valence-corrected chi connectivity index (χ1v) is 22.1. The Morgan fingerprint density at radius 1 is 0.656 bits per heavy atom. The second-order valence-corrected chi connectivity index (χ2v) is 18.7. The highest BCUT2D eigenvalue weighted by Gasteiger charge is 2.44. The number of ether oxygens (including phenoxy) is 2. The Morgan fingerprint density at radius 3 is 1.57 bits per heavy atom. The zero-order chi connectivity index (χ0) is 43.7. The van der Waals surface area contributed by atoms with Gasteiger partial charge in [0.1, 0.15) is 0 Å². The van der Waals surface area contributed by atoms with Crippen molar-refractivity contribution >= 4 is 94.0 Å². The van der Waals surface area contributed by atoms with Crippen molar-refractivity contribution in [1.82, 2.24) is 4.90 Å². The number of aliphatic hydroxyl groups is 1. The van der Waals surface area contributed by atoms with Crippen molar-refractivity contribution in [1.29, 1.82) is 0 Å². The van der Waals surface area contributed by atoms with Gasteiger partial charge in [0, 0.05) is 50.8 Å². The third-order valence-electron chi connectivity index (χ3n) is 12.2. The molecular weight excluding hydrogens is 789 g/mol. The van der Waals surface area contributed by atoms with Crippen molar-refractivity contribution < 1.29 is 38.0 Å². The van der Waals surface area contributed by atoms with Crippen molar-refractivity contribution in [2.24, 2.45) is 5.92 Å². The lowest BCUT2D eigenvalue weighted by Gasteiger charge is -2.42. The smallest absolute Gasteiger partial charge is 0.265 e. The molecule has 7 aromatic rings. The van der Waals surface area contributed by atoms with Gasteiger partial charge in [-0.3, -0.25) is 28.3 Å². The quantitative estimate of drug-likeness (QED) is 0.0775. The minimum Gasteiger partial charge on any atom is -0.394 e. The molecule has 7 aromatic carbocycles. The number of benzene rings is 7. The molecule has 0 aliphatic carbocycles. The fourth-order valence-electron chi connectivity index (χ4n) is 9.26. The van der Waals surface area contributed by atoms with E-state index in [2.05, 4.69) is 18.6 Å². The Balaban J connectivity index is 0.000000973. The normalized spacial score (nSPS) is 15.8. The maximum Gasteiger partial charge on any atom is 0.265 e. The molecule has 2 aliphatic heterocycles. The Bertz CT molecular complexity index is 2850. The van der Waals surface area contributed by atoms with Gasteiger partial charge in [0.15, 0.2) is 0 Å². The van der Waals surface area contributed by atoms with E-state index in [4.69, 9.17) is 9.84 Å². The first-order chi connectivity index (χ1) is 29.1. The summed E-state index contributed by atoms with van der Waals surface area (Å²) in [5.41, 5.74) is 1.42. The van der Waals surface area contributed by atoms with Gasteiger partial charge in [0.25, 0.3) is 23.6 Å². The van der Waals surface area contributed by atoms with Gasteiger partial charge in [-0.2, -0.15) is 0 Å². The molecule has 1 N–H and O–H groups in total. The first kappa shape index (κ1) is 42.1. The van der Waals surface area contributed by atoms with E-state index in [1.807, 2.05) is 89.2 Å². The van der Waals surface area contributed by atoms with Crippen molar-refractivity contribution in [3.8, 4) is 0 Å². The molecule has 9 rings (SSSR count). The van der Waals surface area contributed by atoms with E-state index in [1.54, 1.807) is 37.4 Å². The summed E-state index contributed by atoms with van der Waals surface area (Å²) in [5, 5.41) is 15.8. The summed E-state index contributed by atoms with van der Waals surface area (Å²) < 4.78 is 23.3. The summed E-state index contributed by atoms with van der Waals surface area (Å²) in [6.45, 7) is 14.5. The van der Waals surface area contributed by atoms with Crippen LogP contribution in [0.25, 0.3) is 53.9 Å². The van der Waals surface area contributed by atoms with Crippen LogP contribution in [0.3, 0.4) is 0 Å². The zero-order valence-corrected chi connectivity index (χ0v) is 36.6. The van der Waals surface area contributed by atoms with Crippen LogP contribution < -0.4 is 4.90 Å². The summed E-state index contributed by atoms with van der Waals surface area (Å²) in [4.78, 5) is 60.8. The highest BCUT2D eigenvalue weighted by Crippen LogP contribution is 2.47. The fourth-order valence-corrected chi connectivity index (χ4v) is 10.1. The summed E-state index contributed by atoms with van der Waals surface area (Å²) in [7, 11) is 0.453. The Kier molecular flexibility index (Phi) is 11.1. The number of anilines is 1. The standard InChI is InChI=1S/C47H42N2O6S.C3H8O2/c1-8-56(54)30-12-10-27-22-29(11-9-28(27)23-30)49-45(52)37-19-15-33-31-13-17-35-41-36(18-14-32(39(31)41)34-16-20-38(46(49)53)42(37)40(33)34)44(51)48(43(35)50)26(5)47(6,7)55-25(4)21-24(2)3;1-5-3-2-4/h9-20,22-26H,8,21H2,1-7H3;4H,2-3H2,1H3. The zero-order valence-electron chi connectivity index (χ0n) is 35.8. The number of nitrogens with zero attached hydrogens (tertiary/aromatic N) is 2. The first-order valence-electron chi connectivity index (χ1n) is 20.8. The lowest BCUT2D eigenvalue weighted by atomic mass is 9.81. The molecule has 11 heteroatoms. The van der Waals surface area contributed by atoms with Gasteiger partial charge >= 0.3 is 0 Å². The number of imide groups is 2. The Labute approximate surface area is 357 Å². The molecule has 0 saturated heterocycles. The van der Waals surface area contributed by atoms with E-state index in [-0.39, 0.29) is 24.5 Å². The van der Waals surface area contributed by atoms with E-state index in [0.717, 1.165) is 54.4 Å². The second-order valence-electron chi connectivity index (χ2n) is 17.0. The van der Waals surface area contributed by atoms with Crippen LogP contribution in [0.4, 0.5) is 5.69 Å². The molecule has 314 valence electrons. The van der Waals surface area contributed by atoms with Crippen molar-refractivity contribution in [2.75, 3.05) is 31.0 Å². The summed E-state index contributed by atoms with van der Waals surface area (Å²) >= 11 is 0. The molecule has 4 amide bonds. The maximum absolute atomic E-state index is 14.4. The Morgan fingerprint density at radius 2 is 1.13 bits per heavy atom. The van der Waals surface area contributed by atoms with Crippen LogP contribution >= 0.6 is 0 Å². The van der Waals surface area contributed by atoms with Gasteiger partial charge in [0.2, 0.25) is 0 Å². The van der Waals surface area contributed by atoms with Gasteiger partial charge in [0.05, 0.1) is 47.4 Å². The number of fused-ring (bicyclic) bond motifs is 3. The van der Waals surface area contributed by atoms with E-state index in [0.29, 0.717) is 57.0 Å². The molecular formula is C50H50N2O8S. The van der Waals surface area contributed by atoms with Crippen LogP contribution in [0.5, 0.6) is 0 Å². The van der Waals surface area contributed by atoms with Crippen molar-refractivity contribution in [2.45, 2.75) is 77.5 Å². The Hall–Kier alpha value is -5.59. The molecule has 2 heterocycles. The van der Waals surface area contributed by atoms with Gasteiger partial charge in [-0.15, -0.1) is 0 Å². The molecule has 10 nitrogen and oxygen atoms in total. The molecule has 0 spiro atoms. The van der Waals surface area contributed by atoms with Crippen LogP contribution in [0.15, 0.2) is 89.8 Å². The number of aliphatic hydroxyl groups excluding tert-OH is 1. The third-order valence-corrected chi connectivity index (χ3v) is 13.5. The van der Waals surface area contributed by atoms with Crippen molar-refractivity contribution in [3.05, 3.63) is 107 Å². The molecule has 3 unspecified atom stereocenters. The predicted molar refractivity (Wildman–Crippen MR) is 243 cm³/mol. The minimum atomic E-state index is -1.10. The monoisotopic (exact) mass is 838 g/mol. The number of hydrogen-bond acceptors (Lipinski definition) is 8. The van der Waals surface area contributed by atoms with Crippen LogP contribution in [0.2, 0.25) is 0 Å². The highest BCUT2D eigenvalue weighted by molar-refractivity contribution is 7.85. The molecule has 0 fully saturated rings. The molecule has 0 radical (unpaired) electrons. The molecule has 0 aromatic heterocycles. The van der Waals surface area contributed by atoms with Gasteiger partial charge in [-0.05, 0) is 132 Å². The maximum atomic E-state index is 14.4. The number of methoxy groups -OCH3 is 1. The largest absolute Gasteiger partial charge is 0.394 e. The van der Waals surface area contributed by atoms with E-state index in [9.17, 15) is 23.4 Å². The number of rotatable bonds is 11. The predicted octanol–water partition coefficient (Wildman–Crippen LogP) is 9.66. The van der Waals surface area contributed by atoms with Gasteiger partial charge in [-0.1, -0.05) is 57.2 Å². The second kappa shape index (κ2) is 16.0. The van der Waals surface area contributed by atoms with Crippen LogP contribution in [-0.4, -0.2) is 81.7 Å². The fraction of sp³-hybridized carbons (Fsp3) is 0.320. The van der Waals surface area contributed by atoms with Gasteiger partial charge < -0.3 is 14.6 Å². The SMILES string of the molecule is CCS(=O)c1ccc2cc(N3C(=O)c4ccc5c6ccc7c8c(ccc(c9ccc(c4c59)C3=O)c86)C(=O)N(C(C)C(C)(C)OC(C)CC(C)C)C7=O)ccc2c1.COCCO. The van der Waals surface area contributed by atoms with Crippen LogP contribution in [0.1, 0.15) is 96.3 Å². The number of hydrogen-bond donors (Lipinski definition) is 1. The van der Waals surface area contributed by atoms with Crippen molar-refractivity contribution in [3.63, 3.8) is 0 Å². The van der Waals surface area contributed by atoms with E-state index < -0.39 is 34.3 Å².